The Bertz CT molecular complexity index is 412. The molecule has 0 saturated heterocycles. The standard InChI is InChI=1S/C7H10N4O3/c1-3-5-4(2)6(12)9-7(8-5)10-11(13)14/h3H2,1-2H3,(H2,8,9,10,12). The fourth-order valence-electron chi connectivity index (χ4n) is 1.06. The number of nitrogens with zero attached hydrogens (tertiary/aromatic N) is 2. The minimum Gasteiger partial charge on any atom is -0.288 e. The number of aryl methyl sites for hydroxylation is 1. The Labute approximate surface area is 79.3 Å². The second kappa shape index (κ2) is 3.86. The van der Waals surface area contributed by atoms with Crippen LogP contribution in [0, 0.1) is 17.0 Å². The zero-order chi connectivity index (χ0) is 10.7. The number of nitro groups is 1. The lowest BCUT2D eigenvalue weighted by Gasteiger charge is -2.02. The van der Waals surface area contributed by atoms with Crippen molar-refractivity contribution in [2.75, 3.05) is 5.43 Å². The highest BCUT2D eigenvalue weighted by Gasteiger charge is 2.08. The van der Waals surface area contributed by atoms with Gasteiger partial charge in [-0.25, -0.2) is 15.1 Å². The summed E-state index contributed by atoms with van der Waals surface area (Å²) in [5, 5.41) is 9.33. The lowest BCUT2D eigenvalue weighted by Crippen LogP contribution is -2.20. The van der Waals surface area contributed by atoms with Crippen molar-refractivity contribution >= 4 is 5.95 Å². The minimum absolute atomic E-state index is 0.137. The van der Waals surface area contributed by atoms with Crippen molar-refractivity contribution in [1.29, 1.82) is 0 Å². The first kappa shape index (κ1) is 10.2. The van der Waals surface area contributed by atoms with E-state index >= 15 is 0 Å². The van der Waals surface area contributed by atoms with Gasteiger partial charge in [-0.3, -0.25) is 9.78 Å². The van der Waals surface area contributed by atoms with Gasteiger partial charge in [0.25, 0.3) is 11.5 Å². The number of hydrazine groups is 1. The molecule has 0 bridgehead atoms. The maximum Gasteiger partial charge on any atom is 0.266 e. The number of hydrogen-bond donors (Lipinski definition) is 2. The number of rotatable bonds is 3. The van der Waals surface area contributed by atoms with Crippen LogP contribution in [0.25, 0.3) is 0 Å². The van der Waals surface area contributed by atoms with Gasteiger partial charge in [0.2, 0.25) is 0 Å². The topological polar surface area (TPSA) is 101 Å². The first-order valence-corrected chi connectivity index (χ1v) is 4.05. The number of nitrogens with one attached hydrogen (secondary N) is 2. The van der Waals surface area contributed by atoms with Gasteiger partial charge < -0.3 is 0 Å². The first-order chi connectivity index (χ1) is 6.54. The van der Waals surface area contributed by atoms with Crippen molar-refractivity contribution in [2.45, 2.75) is 20.3 Å². The predicted octanol–water partition coefficient (Wildman–Crippen LogP) is 0.244. The molecule has 7 nitrogen and oxygen atoms in total. The van der Waals surface area contributed by atoms with Crippen molar-refractivity contribution in [1.82, 2.24) is 9.97 Å². The minimum atomic E-state index is -0.771. The molecule has 0 radical (unpaired) electrons. The van der Waals surface area contributed by atoms with Crippen LogP contribution < -0.4 is 11.0 Å². The molecule has 1 rings (SSSR count). The maximum atomic E-state index is 11.2. The van der Waals surface area contributed by atoms with Crippen LogP contribution in [0.2, 0.25) is 0 Å². The summed E-state index contributed by atoms with van der Waals surface area (Å²) < 4.78 is 0. The van der Waals surface area contributed by atoms with Crippen molar-refractivity contribution in [3.63, 3.8) is 0 Å². The molecule has 1 heterocycles. The van der Waals surface area contributed by atoms with Gasteiger partial charge in [0.1, 0.15) is 0 Å². The summed E-state index contributed by atoms with van der Waals surface area (Å²) in [6, 6.07) is 0. The molecule has 0 amide bonds. The zero-order valence-corrected chi connectivity index (χ0v) is 7.83. The predicted molar refractivity (Wildman–Crippen MR) is 49.6 cm³/mol. The molecule has 0 saturated carbocycles. The first-order valence-electron chi connectivity index (χ1n) is 4.05. The number of hydrogen-bond acceptors (Lipinski definition) is 4. The summed E-state index contributed by atoms with van der Waals surface area (Å²) in [7, 11) is 0. The normalized spacial score (nSPS) is 9.86. The van der Waals surface area contributed by atoms with E-state index in [0.29, 0.717) is 17.7 Å². The van der Waals surface area contributed by atoms with Gasteiger partial charge in [0, 0.05) is 5.56 Å². The molecule has 0 aromatic carbocycles. The molecule has 0 atom stereocenters. The molecule has 0 aliphatic rings. The van der Waals surface area contributed by atoms with Crippen LogP contribution in [0.3, 0.4) is 0 Å². The summed E-state index contributed by atoms with van der Waals surface area (Å²) in [5.41, 5.74) is 2.48. The highest BCUT2D eigenvalue weighted by atomic mass is 16.7. The summed E-state index contributed by atoms with van der Waals surface area (Å²) in [6.07, 6.45) is 0.558. The Kier molecular flexibility index (Phi) is 2.80. The Morgan fingerprint density at radius 1 is 1.64 bits per heavy atom. The number of H-pyrrole nitrogens is 1. The molecule has 0 unspecified atom stereocenters. The third-order valence-electron chi connectivity index (χ3n) is 1.78. The van der Waals surface area contributed by atoms with Crippen molar-refractivity contribution in [3.05, 3.63) is 31.7 Å². The van der Waals surface area contributed by atoms with Gasteiger partial charge in [0.15, 0.2) is 5.03 Å². The molecule has 14 heavy (non-hydrogen) atoms. The Morgan fingerprint density at radius 2 is 2.29 bits per heavy atom. The summed E-state index contributed by atoms with van der Waals surface area (Å²) in [4.78, 5) is 27.5. The average Bonchev–Trinajstić information content (AvgIpc) is 2.10. The van der Waals surface area contributed by atoms with Crippen LogP contribution >= 0.6 is 0 Å². The van der Waals surface area contributed by atoms with E-state index in [0.717, 1.165) is 0 Å². The Hall–Kier alpha value is -1.92. The molecule has 2 N–H and O–H groups in total. The van der Waals surface area contributed by atoms with Gasteiger partial charge in [-0.1, -0.05) is 12.3 Å². The lowest BCUT2D eigenvalue weighted by atomic mass is 10.2. The highest BCUT2D eigenvalue weighted by molar-refractivity contribution is 5.26. The number of anilines is 1. The SMILES string of the molecule is CCc1nc(N[N+](=O)[O-])[nH]c(=O)c1C. The molecule has 1 aromatic heterocycles. The van der Waals surface area contributed by atoms with Gasteiger partial charge in [0.05, 0.1) is 5.69 Å². The molecule has 0 fully saturated rings. The summed E-state index contributed by atoms with van der Waals surface area (Å²) in [5.74, 6) is -0.137. The van der Waals surface area contributed by atoms with Gasteiger partial charge in [-0.05, 0) is 13.3 Å². The third kappa shape index (κ3) is 2.06. The van der Waals surface area contributed by atoms with E-state index in [2.05, 4.69) is 9.97 Å². The fraction of sp³-hybridized carbons (Fsp3) is 0.429. The quantitative estimate of drug-likeness (QED) is 0.535. The van der Waals surface area contributed by atoms with Crippen LogP contribution in [-0.2, 0) is 6.42 Å². The van der Waals surface area contributed by atoms with Crippen LogP contribution in [0.4, 0.5) is 5.95 Å². The van der Waals surface area contributed by atoms with E-state index in [1.54, 1.807) is 12.3 Å². The van der Waals surface area contributed by atoms with Crippen molar-refractivity contribution in [3.8, 4) is 0 Å². The molecule has 0 aliphatic heterocycles. The van der Waals surface area contributed by atoms with E-state index in [-0.39, 0.29) is 11.5 Å². The molecular formula is C7H10N4O3. The van der Waals surface area contributed by atoms with Crippen LogP contribution in [-0.4, -0.2) is 15.0 Å². The highest BCUT2D eigenvalue weighted by Crippen LogP contribution is 2.02. The smallest absolute Gasteiger partial charge is 0.266 e. The second-order valence-corrected chi connectivity index (χ2v) is 2.71. The second-order valence-electron chi connectivity index (χ2n) is 2.71. The molecule has 76 valence electrons. The lowest BCUT2D eigenvalue weighted by molar-refractivity contribution is -0.446. The van der Waals surface area contributed by atoms with Gasteiger partial charge in [-0.15, -0.1) is 0 Å². The summed E-state index contributed by atoms with van der Waals surface area (Å²) >= 11 is 0. The molecule has 0 spiro atoms. The molecule has 1 aromatic rings. The summed E-state index contributed by atoms with van der Waals surface area (Å²) in [6.45, 7) is 3.45. The van der Waals surface area contributed by atoms with E-state index in [1.807, 2.05) is 6.92 Å². The largest absolute Gasteiger partial charge is 0.288 e. The Morgan fingerprint density at radius 3 is 2.79 bits per heavy atom. The van der Waals surface area contributed by atoms with Crippen molar-refractivity contribution in [2.24, 2.45) is 0 Å². The fourth-order valence-corrected chi connectivity index (χ4v) is 1.06. The van der Waals surface area contributed by atoms with Crippen LogP contribution in [0.1, 0.15) is 18.2 Å². The van der Waals surface area contributed by atoms with Crippen molar-refractivity contribution < 1.29 is 5.03 Å². The monoisotopic (exact) mass is 198 g/mol. The van der Waals surface area contributed by atoms with E-state index < -0.39 is 5.03 Å². The zero-order valence-electron chi connectivity index (χ0n) is 7.83. The van der Waals surface area contributed by atoms with E-state index in [9.17, 15) is 14.9 Å². The van der Waals surface area contributed by atoms with Gasteiger partial charge >= 0.3 is 0 Å². The molecular weight excluding hydrogens is 188 g/mol. The molecule has 0 aliphatic carbocycles. The number of aromatic amines is 1. The third-order valence-corrected chi connectivity index (χ3v) is 1.78. The van der Waals surface area contributed by atoms with Crippen LogP contribution in [0.15, 0.2) is 4.79 Å². The van der Waals surface area contributed by atoms with Crippen LogP contribution in [0.5, 0.6) is 0 Å². The molecule has 7 heteroatoms. The van der Waals surface area contributed by atoms with E-state index in [4.69, 9.17) is 0 Å². The average molecular weight is 198 g/mol. The van der Waals surface area contributed by atoms with E-state index in [1.165, 1.54) is 0 Å². The van der Waals surface area contributed by atoms with Gasteiger partial charge in [-0.2, -0.15) is 0 Å². The maximum absolute atomic E-state index is 11.2. The number of aromatic nitrogens is 2. The Balaban J connectivity index is 3.16.